The van der Waals surface area contributed by atoms with Gasteiger partial charge in [-0.3, -0.25) is 0 Å². The van der Waals surface area contributed by atoms with Crippen molar-refractivity contribution in [2.45, 2.75) is 102 Å². The second-order valence-corrected chi connectivity index (χ2v) is 11.1. The molecule has 4 aliphatic rings. The zero-order chi connectivity index (χ0) is 25.7. The fraction of sp³-hybridized carbons (Fsp3) is 0.704. The number of aliphatic hydroxyl groups excluding tert-OH is 1. The lowest BCUT2D eigenvalue weighted by Crippen LogP contribution is -2.55. The molecule has 0 radical (unpaired) electrons. The van der Waals surface area contributed by atoms with E-state index in [0.29, 0.717) is 6.42 Å². The van der Waals surface area contributed by atoms with Gasteiger partial charge in [-0.25, -0.2) is 0 Å². The smallest absolute Gasteiger partial charge is 0.393 e. The van der Waals surface area contributed by atoms with Crippen LogP contribution in [0.5, 0.6) is 0 Å². The minimum absolute atomic E-state index is 0.0522. The maximum atomic E-state index is 13.0. The molecular weight excluding hydrogens is 470 g/mol. The quantitative estimate of drug-likeness (QED) is 0.301. The first kappa shape index (κ1) is 26.5. The zero-order valence-corrected chi connectivity index (χ0v) is 20.0. The number of fused-ring (bicyclic) bond motifs is 1. The van der Waals surface area contributed by atoms with Gasteiger partial charge in [-0.05, 0) is 93.5 Å². The molecule has 0 aromatic carbocycles. The minimum Gasteiger partial charge on any atom is -0.393 e. The van der Waals surface area contributed by atoms with Crippen LogP contribution in [0.4, 0.5) is 26.3 Å². The summed E-state index contributed by atoms with van der Waals surface area (Å²) in [5, 5.41) is 19.4. The molecule has 196 valence electrons. The van der Waals surface area contributed by atoms with Crippen molar-refractivity contribution in [3.05, 3.63) is 47.1 Å². The highest BCUT2D eigenvalue weighted by Gasteiger charge is 2.69. The molecule has 0 aliphatic heterocycles. The summed E-state index contributed by atoms with van der Waals surface area (Å²) in [5.74, 6) is 0.278. The molecule has 0 aromatic heterocycles. The Labute approximate surface area is 202 Å². The third-order valence-corrected chi connectivity index (χ3v) is 8.77. The number of allylic oxidation sites excluding steroid dienone is 6. The number of halogens is 6. The SMILES string of the molecule is C[C@]12CCC/C(=C\C=C3\CCC[C@H](O)C3)[C@@H]1CC=C2C1(C/C=C/C(O)(C(F)(F)F)C(F)(F)F)CC1. The standard InChI is InChI=1S/C27H34F6O2/c1-23-12-3-6-19(9-8-18-5-2-7-20(34)17-18)21(23)10-11-22(23)24(15-16-24)13-4-14-25(35,26(28,29)30)27(31,32)33/h4,8-9,11,14,20-21,34-35H,2-3,5-7,10,12-13,15-17H2,1H3/b14-4+,18-8-,19-9+/t20-,21-,23-/m0/s1. The van der Waals surface area contributed by atoms with Gasteiger partial charge in [0.15, 0.2) is 0 Å². The van der Waals surface area contributed by atoms with Gasteiger partial charge in [0.2, 0.25) is 0 Å². The van der Waals surface area contributed by atoms with E-state index in [4.69, 9.17) is 0 Å². The second-order valence-electron chi connectivity index (χ2n) is 11.1. The van der Waals surface area contributed by atoms with Gasteiger partial charge in [0.05, 0.1) is 6.10 Å². The highest BCUT2D eigenvalue weighted by Crippen LogP contribution is 2.67. The summed E-state index contributed by atoms with van der Waals surface area (Å²) in [7, 11) is 0. The van der Waals surface area contributed by atoms with Gasteiger partial charge < -0.3 is 10.2 Å². The van der Waals surface area contributed by atoms with E-state index < -0.39 is 23.4 Å². The van der Waals surface area contributed by atoms with Gasteiger partial charge in [0.1, 0.15) is 0 Å². The first-order chi connectivity index (χ1) is 16.2. The lowest BCUT2D eigenvalue weighted by atomic mass is 9.61. The van der Waals surface area contributed by atoms with Gasteiger partial charge in [-0.1, -0.05) is 47.9 Å². The van der Waals surface area contributed by atoms with Crippen molar-refractivity contribution in [2.75, 3.05) is 0 Å². The Morgan fingerprint density at radius 1 is 1.00 bits per heavy atom. The van der Waals surface area contributed by atoms with E-state index in [1.807, 2.05) is 0 Å². The average molecular weight is 505 g/mol. The maximum Gasteiger partial charge on any atom is 0.429 e. The molecule has 0 unspecified atom stereocenters. The first-order valence-corrected chi connectivity index (χ1v) is 12.5. The topological polar surface area (TPSA) is 40.5 Å². The summed E-state index contributed by atoms with van der Waals surface area (Å²) in [6, 6.07) is 0. The lowest BCUT2D eigenvalue weighted by molar-refractivity contribution is -0.347. The lowest BCUT2D eigenvalue weighted by Gasteiger charge is -2.43. The van der Waals surface area contributed by atoms with Crippen molar-refractivity contribution < 1.29 is 36.6 Å². The summed E-state index contributed by atoms with van der Waals surface area (Å²) in [4.78, 5) is 0. The van der Waals surface area contributed by atoms with Gasteiger partial charge in [-0.15, -0.1) is 0 Å². The molecular formula is C27H34F6O2. The molecule has 0 heterocycles. The fourth-order valence-corrected chi connectivity index (χ4v) is 6.63. The molecule has 4 rings (SSSR count). The molecule has 0 spiro atoms. The van der Waals surface area contributed by atoms with Crippen molar-refractivity contribution >= 4 is 0 Å². The molecule has 0 saturated heterocycles. The first-order valence-electron chi connectivity index (χ1n) is 12.5. The van der Waals surface area contributed by atoms with E-state index >= 15 is 0 Å². The van der Waals surface area contributed by atoms with Crippen LogP contribution >= 0.6 is 0 Å². The van der Waals surface area contributed by atoms with Gasteiger partial charge in [0, 0.05) is 0 Å². The Balaban J connectivity index is 1.51. The normalized spacial score (nSPS) is 33.9. The van der Waals surface area contributed by atoms with E-state index in [-0.39, 0.29) is 29.9 Å². The third-order valence-electron chi connectivity index (χ3n) is 8.77. The molecule has 8 heteroatoms. The van der Waals surface area contributed by atoms with E-state index in [0.717, 1.165) is 69.4 Å². The van der Waals surface area contributed by atoms with Crippen LogP contribution in [-0.2, 0) is 0 Å². The minimum atomic E-state index is -5.84. The van der Waals surface area contributed by atoms with Crippen LogP contribution in [0.3, 0.4) is 0 Å². The van der Waals surface area contributed by atoms with Crippen molar-refractivity contribution in [2.24, 2.45) is 16.7 Å². The molecule has 4 aliphatic carbocycles. The maximum absolute atomic E-state index is 13.0. The van der Waals surface area contributed by atoms with E-state index in [1.165, 1.54) is 11.1 Å². The summed E-state index contributed by atoms with van der Waals surface area (Å²) in [5.41, 5.74) is -1.68. The Bertz CT molecular complexity index is 920. The van der Waals surface area contributed by atoms with Crippen LogP contribution in [-0.4, -0.2) is 34.3 Å². The molecule has 0 amide bonds. The highest BCUT2D eigenvalue weighted by molar-refractivity contribution is 5.40. The number of rotatable bonds is 5. The van der Waals surface area contributed by atoms with Crippen LogP contribution in [0.25, 0.3) is 0 Å². The van der Waals surface area contributed by atoms with Crippen molar-refractivity contribution in [3.63, 3.8) is 0 Å². The molecule has 3 atom stereocenters. The predicted molar refractivity (Wildman–Crippen MR) is 121 cm³/mol. The Hall–Kier alpha value is -1.54. The Kier molecular flexibility index (Phi) is 6.89. The molecule has 3 fully saturated rings. The van der Waals surface area contributed by atoms with Crippen molar-refractivity contribution in [3.8, 4) is 0 Å². The number of aliphatic hydroxyl groups is 2. The van der Waals surface area contributed by atoms with Gasteiger partial charge in [0.25, 0.3) is 5.60 Å². The molecule has 3 saturated carbocycles. The van der Waals surface area contributed by atoms with Crippen LogP contribution in [0, 0.1) is 16.7 Å². The van der Waals surface area contributed by atoms with Crippen molar-refractivity contribution in [1.82, 2.24) is 0 Å². The zero-order valence-electron chi connectivity index (χ0n) is 20.0. The summed E-state index contributed by atoms with van der Waals surface area (Å²) >= 11 is 0. The van der Waals surface area contributed by atoms with Crippen molar-refractivity contribution in [1.29, 1.82) is 0 Å². The van der Waals surface area contributed by atoms with Crippen LogP contribution in [0.2, 0.25) is 0 Å². The summed E-state index contributed by atoms with van der Waals surface area (Å²) in [6.45, 7) is 2.19. The Morgan fingerprint density at radius 3 is 2.29 bits per heavy atom. The van der Waals surface area contributed by atoms with Gasteiger partial charge >= 0.3 is 12.4 Å². The van der Waals surface area contributed by atoms with Crippen LogP contribution in [0.15, 0.2) is 47.1 Å². The number of hydrogen-bond donors (Lipinski definition) is 2. The molecule has 2 nitrogen and oxygen atoms in total. The number of alkyl halides is 6. The Morgan fingerprint density at radius 2 is 1.69 bits per heavy atom. The molecule has 0 bridgehead atoms. The van der Waals surface area contributed by atoms with Crippen LogP contribution in [0.1, 0.15) is 77.6 Å². The predicted octanol–water partition coefficient (Wildman–Crippen LogP) is 7.49. The highest BCUT2D eigenvalue weighted by atomic mass is 19.4. The molecule has 0 aromatic rings. The number of hydrogen-bond acceptors (Lipinski definition) is 2. The molecule has 2 N–H and O–H groups in total. The van der Waals surface area contributed by atoms with E-state index in [1.54, 1.807) is 0 Å². The van der Waals surface area contributed by atoms with E-state index in [9.17, 15) is 36.6 Å². The average Bonchev–Trinajstić information content (AvgIpc) is 3.43. The van der Waals surface area contributed by atoms with Gasteiger partial charge in [-0.2, -0.15) is 26.3 Å². The van der Waals surface area contributed by atoms with E-state index in [2.05, 4.69) is 25.2 Å². The second kappa shape index (κ2) is 9.09. The largest absolute Gasteiger partial charge is 0.429 e. The summed E-state index contributed by atoms with van der Waals surface area (Å²) in [6.07, 6.45) is 4.05. The summed E-state index contributed by atoms with van der Waals surface area (Å²) < 4.78 is 78.2. The third kappa shape index (κ3) is 4.89. The fourth-order valence-electron chi connectivity index (χ4n) is 6.63. The monoisotopic (exact) mass is 504 g/mol. The molecule has 35 heavy (non-hydrogen) atoms. The van der Waals surface area contributed by atoms with Crippen LogP contribution < -0.4 is 0 Å².